The van der Waals surface area contributed by atoms with Crippen LogP contribution in [0.15, 0.2) is 24.4 Å². The average molecular weight is 357 g/mol. The van der Waals surface area contributed by atoms with Gasteiger partial charge in [0.1, 0.15) is 5.75 Å². The molecule has 0 amide bonds. The van der Waals surface area contributed by atoms with E-state index in [0.29, 0.717) is 5.75 Å². The van der Waals surface area contributed by atoms with E-state index in [1.165, 1.54) is 81.8 Å². The predicted molar refractivity (Wildman–Crippen MR) is 111 cm³/mol. The minimum Gasteiger partial charge on any atom is -0.506 e. The molecule has 1 aliphatic rings. The Kier molecular flexibility index (Phi) is 7.43. The lowest BCUT2D eigenvalue weighted by Crippen LogP contribution is -2.29. The van der Waals surface area contributed by atoms with Crippen molar-refractivity contribution in [2.75, 3.05) is 19.6 Å². The number of aromatic hydroxyl groups is 1. The van der Waals surface area contributed by atoms with E-state index in [2.05, 4.69) is 29.1 Å². The maximum Gasteiger partial charge on any atom is 0.139 e. The maximum atomic E-state index is 9.99. The van der Waals surface area contributed by atoms with E-state index in [1.807, 2.05) is 6.07 Å². The third kappa shape index (κ3) is 5.26. The molecule has 1 aliphatic carbocycles. The largest absolute Gasteiger partial charge is 0.506 e. The van der Waals surface area contributed by atoms with E-state index in [9.17, 15) is 5.11 Å². The SMILES string of the molecule is CCCCN(CCc1c[nH]c2c(O)cccc12)CCC1CCCCCC1. The molecule has 1 heterocycles. The number of phenolic OH excluding ortho intramolecular Hbond substituents is 1. The number of nitrogens with one attached hydrogen (secondary N) is 1. The molecule has 1 saturated carbocycles. The number of unbranched alkanes of at least 4 members (excludes halogenated alkanes) is 1. The normalized spacial score (nSPS) is 16.4. The smallest absolute Gasteiger partial charge is 0.139 e. The molecule has 144 valence electrons. The Labute approximate surface area is 158 Å². The molecule has 0 spiro atoms. The Hall–Kier alpha value is -1.48. The van der Waals surface area contributed by atoms with Crippen LogP contribution in [0.2, 0.25) is 0 Å². The lowest BCUT2D eigenvalue weighted by molar-refractivity contribution is 0.243. The summed E-state index contributed by atoms with van der Waals surface area (Å²) in [7, 11) is 0. The molecule has 2 N–H and O–H groups in total. The van der Waals surface area contributed by atoms with E-state index >= 15 is 0 Å². The van der Waals surface area contributed by atoms with E-state index in [0.717, 1.165) is 24.4 Å². The first-order chi connectivity index (χ1) is 12.8. The van der Waals surface area contributed by atoms with Gasteiger partial charge in [0.25, 0.3) is 0 Å². The number of rotatable bonds is 9. The summed E-state index contributed by atoms with van der Waals surface area (Å²) in [6, 6.07) is 5.81. The van der Waals surface area contributed by atoms with Crippen molar-refractivity contribution in [1.82, 2.24) is 9.88 Å². The topological polar surface area (TPSA) is 39.3 Å². The maximum absolute atomic E-state index is 9.99. The molecule has 1 aromatic heterocycles. The van der Waals surface area contributed by atoms with Crippen molar-refractivity contribution in [2.45, 2.75) is 71.1 Å². The van der Waals surface area contributed by atoms with Gasteiger partial charge in [0, 0.05) is 18.1 Å². The number of H-pyrrole nitrogens is 1. The fraction of sp³-hybridized carbons (Fsp3) is 0.652. The van der Waals surface area contributed by atoms with Crippen molar-refractivity contribution < 1.29 is 5.11 Å². The summed E-state index contributed by atoms with van der Waals surface area (Å²) in [6.45, 7) is 5.87. The van der Waals surface area contributed by atoms with Gasteiger partial charge < -0.3 is 15.0 Å². The number of nitrogens with zero attached hydrogens (tertiary/aromatic N) is 1. The number of aromatic amines is 1. The lowest BCUT2D eigenvalue weighted by atomic mass is 9.96. The molecule has 0 unspecified atom stereocenters. The predicted octanol–water partition coefficient (Wildman–Crippen LogP) is 5.88. The van der Waals surface area contributed by atoms with Gasteiger partial charge in [-0.2, -0.15) is 0 Å². The molecule has 0 atom stereocenters. The minimum absolute atomic E-state index is 0.352. The van der Waals surface area contributed by atoms with Crippen molar-refractivity contribution in [1.29, 1.82) is 0 Å². The zero-order valence-corrected chi connectivity index (χ0v) is 16.5. The van der Waals surface area contributed by atoms with Crippen LogP contribution < -0.4 is 0 Å². The molecule has 0 aliphatic heterocycles. The molecule has 2 aromatic rings. The summed E-state index contributed by atoms with van der Waals surface area (Å²) in [5, 5.41) is 11.2. The number of phenols is 1. The van der Waals surface area contributed by atoms with E-state index in [-0.39, 0.29) is 0 Å². The molecule has 3 rings (SSSR count). The molecule has 0 bridgehead atoms. The van der Waals surface area contributed by atoms with Crippen LogP contribution in [-0.4, -0.2) is 34.6 Å². The van der Waals surface area contributed by atoms with Gasteiger partial charge in [-0.25, -0.2) is 0 Å². The van der Waals surface area contributed by atoms with E-state index < -0.39 is 0 Å². The fourth-order valence-corrected chi connectivity index (χ4v) is 4.42. The van der Waals surface area contributed by atoms with Crippen LogP contribution in [0.25, 0.3) is 10.9 Å². The van der Waals surface area contributed by atoms with Crippen LogP contribution in [0.5, 0.6) is 5.75 Å². The van der Waals surface area contributed by atoms with Crippen LogP contribution in [-0.2, 0) is 6.42 Å². The third-order valence-electron chi connectivity index (χ3n) is 6.13. The van der Waals surface area contributed by atoms with Gasteiger partial charge in [-0.05, 0) is 49.9 Å². The Balaban J connectivity index is 1.55. The first-order valence-electron chi connectivity index (χ1n) is 10.8. The minimum atomic E-state index is 0.352. The van der Waals surface area contributed by atoms with Crippen LogP contribution in [0.4, 0.5) is 0 Å². The first kappa shape index (κ1) is 19.3. The van der Waals surface area contributed by atoms with Crippen molar-refractivity contribution in [3.63, 3.8) is 0 Å². The highest BCUT2D eigenvalue weighted by molar-refractivity contribution is 5.88. The van der Waals surface area contributed by atoms with Crippen LogP contribution in [0, 0.1) is 5.92 Å². The second kappa shape index (κ2) is 10.0. The second-order valence-electron chi connectivity index (χ2n) is 8.11. The highest BCUT2D eigenvalue weighted by atomic mass is 16.3. The Bertz CT molecular complexity index is 655. The van der Waals surface area contributed by atoms with Crippen molar-refractivity contribution >= 4 is 10.9 Å². The second-order valence-corrected chi connectivity index (χ2v) is 8.11. The number of hydrogen-bond donors (Lipinski definition) is 2. The summed E-state index contributed by atoms with van der Waals surface area (Å²) in [4.78, 5) is 5.92. The van der Waals surface area contributed by atoms with Gasteiger partial charge in [-0.1, -0.05) is 64.0 Å². The quantitative estimate of drug-likeness (QED) is 0.551. The van der Waals surface area contributed by atoms with Crippen LogP contribution >= 0.6 is 0 Å². The van der Waals surface area contributed by atoms with Crippen molar-refractivity contribution in [3.05, 3.63) is 30.0 Å². The standard InChI is InChI=1S/C23H36N2O/c1-2-3-15-25(16-13-19-9-6-4-5-7-10-19)17-14-20-18-24-23-21(20)11-8-12-22(23)26/h8,11-12,18-19,24,26H,2-7,9-10,13-17H2,1H3. The molecule has 3 nitrogen and oxygen atoms in total. The number of aromatic nitrogens is 1. The van der Waals surface area contributed by atoms with E-state index in [4.69, 9.17) is 0 Å². The number of fused-ring (bicyclic) bond motifs is 1. The van der Waals surface area contributed by atoms with Gasteiger partial charge in [0.15, 0.2) is 0 Å². The molecule has 1 fully saturated rings. The molecule has 26 heavy (non-hydrogen) atoms. The molecular formula is C23H36N2O. The molecular weight excluding hydrogens is 320 g/mol. The number of para-hydroxylation sites is 1. The van der Waals surface area contributed by atoms with Crippen LogP contribution in [0.3, 0.4) is 0 Å². The summed E-state index contributed by atoms with van der Waals surface area (Å²) < 4.78 is 0. The third-order valence-corrected chi connectivity index (χ3v) is 6.13. The highest BCUT2D eigenvalue weighted by Gasteiger charge is 2.15. The van der Waals surface area contributed by atoms with Crippen molar-refractivity contribution in [2.24, 2.45) is 5.92 Å². The Morgan fingerprint density at radius 1 is 1.08 bits per heavy atom. The van der Waals surface area contributed by atoms with Crippen molar-refractivity contribution in [3.8, 4) is 5.75 Å². The Morgan fingerprint density at radius 2 is 1.88 bits per heavy atom. The Morgan fingerprint density at radius 3 is 2.65 bits per heavy atom. The van der Waals surface area contributed by atoms with Gasteiger partial charge in [-0.3, -0.25) is 0 Å². The van der Waals surface area contributed by atoms with Gasteiger partial charge in [0.05, 0.1) is 5.52 Å². The molecule has 3 heteroatoms. The van der Waals surface area contributed by atoms with Crippen LogP contribution in [0.1, 0.15) is 70.3 Å². The molecule has 1 aromatic carbocycles. The lowest BCUT2D eigenvalue weighted by Gasteiger charge is -2.24. The fourth-order valence-electron chi connectivity index (χ4n) is 4.42. The van der Waals surface area contributed by atoms with E-state index in [1.54, 1.807) is 6.07 Å². The molecule has 0 saturated heterocycles. The summed E-state index contributed by atoms with van der Waals surface area (Å²) in [5.74, 6) is 1.30. The highest BCUT2D eigenvalue weighted by Crippen LogP contribution is 2.27. The summed E-state index contributed by atoms with van der Waals surface area (Å²) in [6.07, 6.45) is 15.7. The first-order valence-corrected chi connectivity index (χ1v) is 10.8. The summed E-state index contributed by atoms with van der Waals surface area (Å²) in [5.41, 5.74) is 2.20. The van der Waals surface area contributed by atoms with Gasteiger partial charge in [0.2, 0.25) is 0 Å². The van der Waals surface area contributed by atoms with Gasteiger partial charge in [-0.15, -0.1) is 0 Å². The zero-order valence-electron chi connectivity index (χ0n) is 16.5. The number of benzene rings is 1. The monoisotopic (exact) mass is 356 g/mol. The molecule has 0 radical (unpaired) electrons. The zero-order chi connectivity index (χ0) is 18.2. The van der Waals surface area contributed by atoms with Gasteiger partial charge >= 0.3 is 0 Å². The number of hydrogen-bond acceptors (Lipinski definition) is 2. The summed E-state index contributed by atoms with van der Waals surface area (Å²) >= 11 is 0. The average Bonchev–Trinajstić information content (AvgIpc) is 2.89.